The quantitative estimate of drug-likeness (QED) is 0.377. The number of carbonyl (C=O) groups excluding carboxylic acids is 1. The average Bonchev–Trinajstić information content (AvgIpc) is 3.02. The smallest absolute Gasteiger partial charge is 0.339 e. The lowest BCUT2D eigenvalue weighted by molar-refractivity contribution is -0.138. The van der Waals surface area contributed by atoms with E-state index in [0.717, 1.165) is 17.3 Å². The maximum absolute atomic E-state index is 12.5. The zero-order valence-electron chi connectivity index (χ0n) is 15.7. The molecule has 1 fully saturated rings. The van der Waals surface area contributed by atoms with Gasteiger partial charge in [-0.25, -0.2) is 0 Å². The molecule has 0 spiro atoms. The van der Waals surface area contributed by atoms with Crippen LogP contribution in [0.5, 0.6) is 5.75 Å². The minimum Gasteiger partial charge on any atom is -0.481 e. The highest BCUT2D eigenvalue weighted by molar-refractivity contribution is 8.15. The third kappa shape index (κ3) is 5.45. The summed E-state index contributed by atoms with van der Waals surface area (Å²) in [6.07, 6.45) is 0.955. The third-order valence-electron chi connectivity index (χ3n) is 3.91. The van der Waals surface area contributed by atoms with Gasteiger partial charge in [-0.15, -0.1) is 5.10 Å². The maximum atomic E-state index is 12.5. The van der Waals surface area contributed by atoms with Gasteiger partial charge in [0.05, 0.1) is 12.6 Å². The van der Waals surface area contributed by atoms with Gasteiger partial charge in [-0.3, -0.25) is 9.59 Å². The molecule has 0 unspecified atom stereocenters. The summed E-state index contributed by atoms with van der Waals surface area (Å²) in [4.78, 5) is 22.5. The van der Waals surface area contributed by atoms with E-state index in [1.54, 1.807) is 30.3 Å². The van der Waals surface area contributed by atoms with Gasteiger partial charge in [0.1, 0.15) is 10.1 Å². The Bertz CT molecular complexity index is 1130. The molecule has 30 heavy (non-hydrogen) atoms. The highest BCUT2D eigenvalue weighted by Gasteiger charge is 2.32. The summed E-state index contributed by atoms with van der Waals surface area (Å²) in [6.45, 7) is 1.85. The second kappa shape index (κ2) is 9.09. The van der Waals surface area contributed by atoms with Gasteiger partial charge in [0.2, 0.25) is 5.91 Å². The van der Waals surface area contributed by atoms with Crippen LogP contribution in [0.1, 0.15) is 17.5 Å². The Hall–Kier alpha value is -3.18. The number of carboxylic acids is 1. The first kappa shape index (κ1) is 21.5. The third-order valence-corrected chi connectivity index (χ3v) is 6.23. The fourth-order valence-electron chi connectivity index (χ4n) is 2.42. The molecular weight excluding hydrogens is 430 g/mol. The van der Waals surface area contributed by atoms with E-state index in [-0.39, 0.29) is 22.2 Å². The number of rotatable bonds is 7. The van der Waals surface area contributed by atoms with E-state index in [1.165, 1.54) is 24.4 Å². The molecule has 1 heterocycles. The Morgan fingerprint density at radius 3 is 2.63 bits per heavy atom. The molecule has 1 aliphatic heterocycles. The van der Waals surface area contributed by atoms with Crippen molar-refractivity contribution < 1.29 is 27.3 Å². The Balaban J connectivity index is 1.75. The lowest BCUT2D eigenvalue weighted by atomic mass is 10.2. The number of carbonyl (C=O) groups is 2. The van der Waals surface area contributed by atoms with Gasteiger partial charge in [0.15, 0.2) is 10.9 Å². The van der Waals surface area contributed by atoms with Crippen molar-refractivity contribution in [1.82, 2.24) is 5.32 Å². The zero-order valence-corrected chi connectivity index (χ0v) is 17.3. The topological polar surface area (TPSA) is 134 Å². The van der Waals surface area contributed by atoms with E-state index in [0.29, 0.717) is 5.56 Å². The van der Waals surface area contributed by atoms with Gasteiger partial charge in [0.25, 0.3) is 0 Å². The number of aryl methyl sites for hydroxylation is 1. The number of carboxylic acid groups (broad SMARTS) is 1. The van der Waals surface area contributed by atoms with Gasteiger partial charge in [-0.2, -0.15) is 13.5 Å². The Kier molecular flexibility index (Phi) is 6.53. The number of hydrogen-bond donors (Lipinski definition) is 2. The predicted octanol–water partition coefficient (Wildman–Crippen LogP) is 2.16. The number of hydrogen-bond acceptors (Lipinski definition) is 8. The molecule has 1 atom stereocenters. The molecular formula is C19H17N3O6S2. The normalized spacial score (nSPS) is 18.0. The molecule has 0 radical (unpaired) electrons. The lowest BCUT2D eigenvalue weighted by Gasteiger charge is -2.09. The summed E-state index contributed by atoms with van der Waals surface area (Å²) < 4.78 is 30.3. The van der Waals surface area contributed by atoms with Crippen molar-refractivity contribution in [2.45, 2.75) is 23.5 Å². The van der Waals surface area contributed by atoms with E-state index in [9.17, 15) is 18.0 Å². The first-order valence-electron chi connectivity index (χ1n) is 8.65. The van der Waals surface area contributed by atoms with Gasteiger partial charge in [-0.05, 0) is 31.2 Å². The fraction of sp³-hybridized carbons (Fsp3) is 0.158. The van der Waals surface area contributed by atoms with Crippen molar-refractivity contribution in [3.8, 4) is 5.75 Å². The number of benzene rings is 2. The van der Waals surface area contributed by atoms with Crippen molar-refractivity contribution in [2.75, 3.05) is 0 Å². The first-order valence-corrected chi connectivity index (χ1v) is 10.9. The minimum absolute atomic E-state index is 0.0228. The number of amides is 1. The van der Waals surface area contributed by atoms with E-state index >= 15 is 0 Å². The van der Waals surface area contributed by atoms with Crippen molar-refractivity contribution in [3.05, 3.63) is 59.7 Å². The standard InChI is InChI=1S/C19H17N3O6S2/c1-12-6-8-14(9-7-12)30(26,27)28-15-5-3-2-4-13(15)11-20-22-19-21-18(25)16(29-19)10-17(23)24/h2-9,11,16H,10H2,1H3,(H,23,24)(H,21,22,25)/b20-11-/t16-/m0/s1. The van der Waals surface area contributed by atoms with Crippen LogP contribution in [0.15, 0.2) is 63.6 Å². The fourth-order valence-corrected chi connectivity index (χ4v) is 4.29. The molecule has 156 valence electrons. The van der Waals surface area contributed by atoms with Gasteiger partial charge in [0, 0.05) is 5.56 Å². The molecule has 2 aromatic carbocycles. The molecule has 2 N–H and O–H groups in total. The molecule has 1 saturated heterocycles. The number of nitrogens with zero attached hydrogens (tertiary/aromatic N) is 2. The number of aliphatic carboxylic acids is 1. The van der Waals surface area contributed by atoms with Crippen molar-refractivity contribution in [3.63, 3.8) is 0 Å². The Morgan fingerprint density at radius 2 is 1.93 bits per heavy atom. The molecule has 0 saturated carbocycles. The van der Waals surface area contributed by atoms with Crippen LogP contribution in [0.25, 0.3) is 0 Å². The van der Waals surface area contributed by atoms with Gasteiger partial charge in [-0.1, -0.05) is 41.6 Å². The van der Waals surface area contributed by atoms with Gasteiger partial charge >= 0.3 is 16.1 Å². The summed E-state index contributed by atoms with van der Waals surface area (Å²) in [5, 5.41) is 18.3. The Labute approximate surface area is 177 Å². The Morgan fingerprint density at radius 1 is 1.23 bits per heavy atom. The predicted molar refractivity (Wildman–Crippen MR) is 112 cm³/mol. The number of nitrogens with one attached hydrogen (secondary N) is 1. The van der Waals surface area contributed by atoms with Crippen LogP contribution in [0.4, 0.5) is 0 Å². The summed E-state index contributed by atoms with van der Waals surface area (Å²) in [7, 11) is -4.03. The second-order valence-corrected chi connectivity index (χ2v) is 8.97. The van der Waals surface area contributed by atoms with Crippen LogP contribution in [-0.4, -0.2) is 42.0 Å². The highest BCUT2D eigenvalue weighted by atomic mass is 32.2. The number of amidine groups is 1. The lowest BCUT2D eigenvalue weighted by Crippen LogP contribution is -2.26. The van der Waals surface area contributed by atoms with E-state index in [2.05, 4.69) is 15.5 Å². The van der Waals surface area contributed by atoms with Crippen molar-refractivity contribution in [2.24, 2.45) is 10.2 Å². The van der Waals surface area contributed by atoms with Crippen LogP contribution in [0.3, 0.4) is 0 Å². The highest BCUT2D eigenvalue weighted by Crippen LogP contribution is 2.24. The molecule has 1 amide bonds. The molecule has 3 rings (SSSR count). The maximum Gasteiger partial charge on any atom is 0.339 e. The molecule has 1 aliphatic rings. The SMILES string of the molecule is Cc1ccc(S(=O)(=O)Oc2ccccc2/C=N\N=C2\NC(=O)[C@H](CC(=O)O)S2)cc1. The second-order valence-electron chi connectivity index (χ2n) is 6.23. The summed E-state index contributed by atoms with van der Waals surface area (Å²) >= 11 is 0.962. The van der Waals surface area contributed by atoms with Crippen LogP contribution >= 0.6 is 11.8 Å². The molecule has 0 bridgehead atoms. The minimum atomic E-state index is -4.03. The first-order chi connectivity index (χ1) is 14.2. The van der Waals surface area contributed by atoms with Crippen LogP contribution in [0.2, 0.25) is 0 Å². The van der Waals surface area contributed by atoms with Crippen LogP contribution in [-0.2, 0) is 19.7 Å². The van der Waals surface area contributed by atoms with E-state index < -0.39 is 27.2 Å². The monoisotopic (exact) mass is 447 g/mol. The van der Waals surface area contributed by atoms with Crippen molar-refractivity contribution in [1.29, 1.82) is 0 Å². The number of thioether (sulfide) groups is 1. The van der Waals surface area contributed by atoms with Crippen LogP contribution in [0, 0.1) is 6.92 Å². The number of para-hydroxylation sites is 1. The largest absolute Gasteiger partial charge is 0.481 e. The van der Waals surface area contributed by atoms with Crippen LogP contribution < -0.4 is 9.50 Å². The molecule has 0 aliphatic carbocycles. The molecule has 0 aromatic heterocycles. The van der Waals surface area contributed by atoms with Gasteiger partial charge < -0.3 is 14.6 Å². The van der Waals surface area contributed by atoms with E-state index in [1.807, 2.05) is 6.92 Å². The molecule has 2 aromatic rings. The summed E-state index contributed by atoms with van der Waals surface area (Å²) in [5.74, 6) is -1.48. The molecule has 11 heteroatoms. The van der Waals surface area contributed by atoms with Crippen molar-refractivity contribution >= 4 is 45.1 Å². The average molecular weight is 447 g/mol. The summed E-state index contributed by atoms with van der Waals surface area (Å²) in [5.41, 5.74) is 1.28. The zero-order chi connectivity index (χ0) is 21.7. The van der Waals surface area contributed by atoms with E-state index in [4.69, 9.17) is 9.29 Å². The summed E-state index contributed by atoms with van der Waals surface area (Å²) in [6, 6.07) is 12.6. The molecule has 9 nitrogen and oxygen atoms in total.